The van der Waals surface area contributed by atoms with Crippen molar-refractivity contribution >= 4 is 23.2 Å². The van der Waals surface area contributed by atoms with Gasteiger partial charge < -0.3 is 20.3 Å². The van der Waals surface area contributed by atoms with Crippen LogP contribution in [0.5, 0.6) is 5.75 Å². The van der Waals surface area contributed by atoms with Gasteiger partial charge in [0.2, 0.25) is 5.91 Å². The summed E-state index contributed by atoms with van der Waals surface area (Å²) in [6.07, 6.45) is 3.41. The van der Waals surface area contributed by atoms with Gasteiger partial charge in [-0.15, -0.1) is 0 Å². The molecule has 6 heteroatoms. The predicted octanol–water partition coefficient (Wildman–Crippen LogP) is 2.13. The summed E-state index contributed by atoms with van der Waals surface area (Å²) in [5, 5.41) is 5.65. The fourth-order valence-electron chi connectivity index (χ4n) is 3.60. The molecule has 0 atom stereocenters. The summed E-state index contributed by atoms with van der Waals surface area (Å²) in [6, 6.07) is 13.6. The van der Waals surface area contributed by atoms with Crippen molar-refractivity contribution in [3.05, 3.63) is 53.6 Å². The fraction of sp³-hybridized carbons (Fsp3) is 0.333. The first-order valence-electron chi connectivity index (χ1n) is 9.33. The Morgan fingerprint density at radius 2 is 1.93 bits per heavy atom. The topological polar surface area (TPSA) is 70.7 Å². The Hall–Kier alpha value is -3.02. The van der Waals surface area contributed by atoms with E-state index in [2.05, 4.69) is 16.7 Å². The molecule has 0 radical (unpaired) electrons. The third-order valence-corrected chi connectivity index (χ3v) is 4.99. The van der Waals surface area contributed by atoms with E-state index < -0.39 is 0 Å². The number of carbonyl (C=O) groups excluding carboxylic acids is 2. The highest BCUT2D eigenvalue weighted by atomic mass is 16.5. The van der Waals surface area contributed by atoms with Gasteiger partial charge in [-0.2, -0.15) is 0 Å². The zero-order valence-electron chi connectivity index (χ0n) is 15.2. The van der Waals surface area contributed by atoms with Crippen LogP contribution in [0.15, 0.2) is 42.5 Å². The molecule has 6 nitrogen and oxygen atoms in total. The Balaban J connectivity index is 1.29. The van der Waals surface area contributed by atoms with Crippen molar-refractivity contribution in [2.75, 3.05) is 36.5 Å². The van der Waals surface area contributed by atoms with E-state index in [0.29, 0.717) is 18.8 Å². The molecule has 1 saturated heterocycles. The minimum absolute atomic E-state index is 0.0210. The number of carbonyl (C=O) groups is 2. The van der Waals surface area contributed by atoms with Gasteiger partial charge in [-0.25, -0.2) is 0 Å². The van der Waals surface area contributed by atoms with E-state index >= 15 is 0 Å². The van der Waals surface area contributed by atoms with Crippen LogP contribution in [-0.4, -0.2) is 38.1 Å². The van der Waals surface area contributed by atoms with Crippen LogP contribution >= 0.6 is 0 Å². The van der Waals surface area contributed by atoms with E-state index in [4.69, 9.17) is 4.74 Å². The van der Waals surface area contributed by atoms with Gasteiger partial charge in [0.15, 0.2) is 6.61 Å². The van der Waals surface area contributed by atoms with Crippen LogP contribution in [-0.2, 0) is 22.4 Å². The average Bonchev–Trinajstić information content (AvgIpc) is 3.15. The van der Waals surface area contributed by atoms with Gasteiger partial charge >= 0.3 is 0 Å². The van der Waals surface area contributed by atoms with Gasteiger partial charge in [-0.3, -0.25) is 9.59 Å². The first-order chi connectivity index (χ1) is 13.2. The van der Waals surface area contributed by atoms with Crippen molar-refractivity contribution < 1.29 is 14.3 Å². The molecule has 27 heavy (non-hydrogen) atoms. The second-order valence-corrected chi connectivity index (χ2v) is 6.94. The van der Waals surface area contributed by atoms with Crippen molar-refractivity contribution in [1.29, 1.82) is 0 Å². The number of fused-ring (bicyclic) bond motifs is 1. The first kappa shape index (κ1) is 17.4. The Kier molecular flexibility index (Phi) is 4.96. The maximum Gasteiger partial charge on any atom is 0.262 e. The van der Waals surface area contributed by atoms with Crippen LogP contribution in [0.3, 0.4) is 0 Å². The van der Waals surface area contributed by atoms with Crippen molar-refractivity contribution in [1.82, 2.24) is 5.32 Å². The van der Waals surface area contributed by atoms with Gasteiger partial charge in [0, 0.05) is 24.5 Å². The molecule has 140 valence electrons. The third-order valence-electron chi connectivity index (χ3n) is 4.99. The smallest absolute Gasteiger partial charge is 0.262 e. The molecular formula is C21H23N3O3. The molecule has 0 aromatic heterocycles. The van der Waals surface area contributed by atoms with E-state index in [-0.39, 0.29) is 18.4 Å². The maximum atomic E-state index is 12.1. The highest BCUT2D eigenvalue weighted by molar-refractivity contribution is 5.92. The molecule has 1 aliphatic heterocycles. The van der Waals surface area contributed by atoms with Crippen molar-refractivity contribution in [2.24, 2.45) is 0 Å². The van der Waals surface area contributed by atoms with Gasteiger partial charge in [0.1, 0.15) is 5.75 Å². The lowest BCUT2D eigenvalue weighted by molar-refractivity contribution is -0.120. The molecule has 0 saturated carbocycles. The number of piperazine rings is 1. The highest BCUT2D eigenvalue weighted by Crippen LogP contribution is 2.26. The normalized spacial score (nSPS) is 15.9. The molecule has 1 aliphatic carbocycles. The van der Waals surface area contributed by atoms with Crippen LogP contribution in [0.2, 0.25) is 0 Å². The molecular weight excluding hydrogens is 342 g/mol. The monoisotopic (exact) mass is 365 g/mol. The molecule has 0 bridgehead atoms. The van der Waals surface area contributed by atoms with E-state index in [1.54, 1.807) is 0 Å². The SMILES string of the molecule is O=C1CN(c2ccc(NC(=O)COc3ccc4c(c3)CCC4)cc2)CCN1. The molecule has 2 N–H and O–H groups in total. The number of anilines is 2. The molecule has 0 spiro atoms. The lowest BCUT2D eigenvalue weighted by atomic mass is 10.1. The van der Waals surface area contributed by atoms with Gasteiger partial charge in [-0.05, 0) is 66.8 Å². The second-order valence-electron chi connectivity index (χ2n) is 6.94. The maximum absolute atomic E-state index is 12.1. The van der Waals surface area contributed by atoms with Gasteiger partial charge in [-0.1, -0.05) is 6.07 Å². The summed E-state index contributed by atoms with van der Waals surface area (Å²) in [4.78, 5) is 25.7. The molecule has 2 aromatic rings. The molecule has 2 aromatic carbocycles. The summed E-state index contributed by atoms with van der Waals surface area (Å²) < 4.78 is 5.63. The van der Waals surface area contributed by atoms with Gasteiger partial charge in [0.25, 0.3) is 5.91 Å². The summed E-state index contributed by atoms with van der Waals surface area (Å²) >= 11 is 0. The fourth-order valence-corrected chi connectivity index (χ4v) is 3.60. The first-order valence-corrected chi connectivity index (χ1v) is 9.33. The molecule has 0 unspecified atom stereocenters. The Morgan fingerprint density at radius 1 is 1.11 bits per heavy atom. The van der Waals surface area contributed by atoms with E-state index in [9.17, 15) is 9.59 Å². The molecule has 1 fully saturated rings. The molecule has 1 heterocycles. The molecule has 4 rings (SSSR count). The lowest BCUT2D eigenvalue weighted by Gasteiger charge is -2.28. The largest absolute Gasteiger partial charge is 0.484 e. The number of hydrogen-bond acceptors (Lipinski definition) is 4. The van der Waals surface area contributed by atoms with Crippen LogP contribution in [0.25, 0.3) is 0 Å². The van der Waals surface area contributed by atoms with Crippen LogP contribution in [0.4, 0.5) is 11.4 Å². The minimum atomic E-state index is -0.194. The average molecular weight is 365 g/mol. The number of ether oxygens (including phenoxy) is 1. The van der Waals surface area contributed by atoms with Crippen LogP contribution < -0.4 is 20.3 Å². The zero-order valence-corrected chi connectivity index (χ0v) is 15.2. The highest BCUT2D eigenvalue weighted by Gasteiger charge is 2.16. The quantitative estimate of drug-likeness (QED) is 0.852. The number of benzene rings is 2. The standard InChI is InChI=1S/C21H23N3O3/c25-20-13-24(11-10-22-20)18-7-5-17(6-8-18)23-21(26)14-27-19-9-4-15-2-1-3-16(15)12-19/h4-9,12H,1-3,10-11,13-14H2,(H,22,25)(H,23,26). The third kappa shape index (κ3) is 4.22. The van der Waals surface area contributed by atoms with Crippen LogP contribution in [0.1, 0.15) is 17.5 Å². The number of nitrogens with zero attached hydrogens (tertiary/aromatic N) is 1. The van der Waals surface area contributed by atoms with E-state index in [0.717, 1.165) is 30.8 Å². The number of nitrogens with one attached hydrogen (secondary N) is 2. The Bertz CT molecular complexity index is 848. The summed E-state index contributed by atoms with van der Waals surface area (Å²) in [5.41, 5.74) is 4.40. The van der Waals surface area contributed by atoms with E-state index in [1.165, 1.54) is 17.5 Å². The summed E-state index contributed by atoms with van der Waals surface area (Å²) in [6.45, 7) is 1.77. The second kappa shape index (κ2) is 7.70. The minimum Gasteiger partial charge on any atom is -0.484 e. The number of aryl methyl sites for hydroxylation is 2. The van der Waals surface area contributed by atoms with Crippen molar-refractivity contribution in [3.8, 4) is 5.75 Å². The Labute approximate surface area is 158 Å². The van der Waals surface area contributed by atoms with E-state index in [1.807, 2.05) is 41.3 Å². The Morgan fingerprint density at radius 3 is 2.74 bits per heavy atom. The summed E-state index contributed by atoms with van der Waals surface area (Å²) in [5.74, 6) is 0.576. The molecule has 2 aliphatic rings. The number of amides is 2. The number of hydrogen-bond donors (Lipinski definition) is 2. The van der Waals surface area contributed by atoms with Gasteiger partial charge in [0.05, 0.1) is 6.54 Å². The van der Waals surface area contributed by atoms with Crippen molar-refractivity contribution in [3.63, 3.8) is 0 Å². The number of rotatable bonds is 5. The molecule has 2 amide bonds. The van der Waals surface area contributed by atoms with Crippen LogP contribution in [0, 0.1) is 0 Å². The summed E-state index contributed by atoms with van der Waals surface area (Å²) in [7, 11) is 0. The lowest BCUT2D eigenvalue weighted by Crippen LogP contribution is -2.47. The predicted molar refractivity (Wildman–Crippen MR) is 104 cm³/mol. The van der Waals surface area contributed by atoms with Crippen molar-refractivity contribution in [2.45, 2.75) is 19.3 Å². The zero-order chi connectivity index (χ0) is 18.6.